The van der Waals surface area contributed by atoms with E-state index in [0.29, 0.717) is 32.1 Å². The number of ether oxygens (including phenoxy) is 1. The van der Waals surface area contributed by atoms with Gasteiger partial charge in [0.25, 0.3) is 5.91 Å². The molecule has 1 aliphatic rings. The quantitative estimate of drug-likeness (QED) is 0.877. The van der Waals surface area contributed by atoms with E-state index in [2.05, 4.69) is 15.3 Å². The second-order valence-corrected chi connectivity index (χ2v) is 5.94. The van der Waals surface area contributed by atoms with Gasteiger partial charge in [0.05, 0.1) is 24.5 Å². The van der Waals surface area contributed by atoms with Crippen molar-refractivity contribution in [1.82, 2.24) is 9.97 Å². The smallest absolute Gasteiger partial charge is 0.378 e. The summed E-state index contributed by atoms with van der Waals surface area (Å²) >= 11 is 5.63. The van der Waals surface area contributed by atoms with Gasteiger partial charge in [0.1, 0.15) is 17.8 Å². The molecule has 0 atom stereocenters. The van der Waals surface area contributed by atoms with Crippen LogP contribution in [0, 0.1) is 0 Å². The predicted octanol–water partition coefficient (Wildman–Crippen LogP) is 3.24. The molecule has 3 rings (SSSR count). The van der Waals surface area contributed by atoms with Crippen molar-refractivity contribution in [2.45, 2.75) is 6.18 Å². The van der Waals surface area contributed by atoms with Crippen molar-refractivity contribution in [3.8, 4) is 0 Å². The van der Waals surface area contributed by atoms with Gasteiger partial charge in [-0.2, -0.15) is 13.2 Å². The second-order valence-electron chi connectivity index (χ2n) is 5.50. The molecule has 6 nitrogen and oxygen atoms in total. The summed E-state index contributed by atoms with van der Waals surface area (Å²) in [6.45, 7) is 2.28. The zero-order valence-corrected chi connectivity index (χ0v) is 14.1. The molecule has 138 valence electrons. The van der Waals surface area contributed by atoms with Crippen LogP contribution in [0.25, 0.3) is 0 Å². The number of aromatic nitrogens is 2. The lowest BCUT2D eigenvalue weighted by Gasteiger charge is -2.27. The number of carbonyl (C=O) groups is 1. The summed E-state index contributed by atoms with van der Waals surface area (Å²) < 4.78 is 44.7. The van der Waals surface area contributed by atoms with Gasteiger partial charge < -0.3 is 15.0 Å². The Balaban J connectivity index is 1.83. The molecule has 26 heavy (non-hydrogen) atoms. The number of anilines is 2. The van der Waals surface area contributed by atoms with Crippen LogP contribution in [0.15, 0.2) is 30.6 Å². The first-order chi connectivity index (χ1) is 12.3. The summed E-state index contributed by atoms with van der Waals surface area (Å²) in [5, 5.41) is 2.16. The highest BCUT2D eigenvalue weighted by molar-refractivity contribution is 6.30. The van der Waals surface area contributed by atoms with E-state index >= 15 is 0 Å². The number of alkyl halides is 3. The average molecular weight is 387 g/mol. The Morgan fingerprint density at radius 1 is 1.19 bits per heavy atom. The molecule has 2 aromatic rings. The molecule has 1 aromatic heterocycles. The van der Waals surface area contributed by atoms with Crippen LogP contribution in [0.2, 0.25) is 5.02 Å². The van der Waals surface area contributed by atoms with E-state index in [4.69, 9.17) is 16.3 Å². The summed E-state index contributed by atoms with van der Waals surface area (Å²) in [4.78, 5) is 22.2. The monoisotopic (exact) mass is 386 g/mol. The number of benzene rings is 1. The Morgan fingerprint density at radius 3 is 2.62 bits per heavy atom. The molecule has 0 bridgehead atoms. The lowest BCUT2D eigenvalue weighted by Crippen LogP contribution is -2.37. The summed E-state index contributed by atoms with van der Waals surface area (Å²) in [6.07, 6.45) is -3.45. The SMILES string of the molecule is O=C(Nc1ccc(Cl)cc1C(F)(F)F)c1cc(N2CCOCC2)ncn1. The molecule has 0 spiro atoms. The minimum Gasteiger partial charge on any atom is -0.378 e. The fourth-order valence-electron chi connectivity index (χ4n) is 2.48. The number of rotatable bonds is 3. The zero-order valence-electron chi connectivity index (χ0n) is 13.4. The van der Waals surface area contributed by atoms with Gasteiger partial charge in [0, 0.05) is 24.2 Å². The molecule has 1 N–H and O–H groups in total. The Morgan fingerprint density at radius 2 is 1.92 bits per heavy atom. The van der Waals surface area contributed by atoms with Gasteiger partial charge >= 0.3 is 6.18 Å². The van der Waals surface area contributed by atoms with Crippen molar-refractivity contribution >= 4 is 29.0 Å². The summed E-state index contributed by atoms with van der Waals surface area (Å²) in [5.41, 5.74) is -1.45. The first-order valence-electron chi connectivity index (χ1n) is 7.67. The van der Waals surface area contributed by atoms with E-state index in [1.54, 1.807) is 0 Å². The number of halogens is 4. The molecular weight excluding hydrogens is 373 g/mol. The van der Waals surface area contributed by atoms with E-state index in [9.17, 15) is 18.0 Å². The Hall–Kier alpha value is -2.39. The van der Waals surface area contributed by atoms with Crippen molar-refractivity contribution < 1.29 is 22.7 Å². The van der Waals surface area contributed by atoms with E-state index < -0.39 is 23.3 Å². The minimum absolute atomic E-state index is 0.0374. The lowest BCUT2D eigenvalue weighted by molar-refractivity contribution is -0.136. The van der Waals surface area contributed by atoms with Crippen LogP contribution in [-0.4, -0.2) is 42.2 Å². The largest absolute Gasteiger partial charge is 0.418 e. The van der Waals surface area contributed by atoms with Gasteiger partial charge in [0.2, 0.25) is 0 Å². The molecule has 1 amide bonds. The van der Waals surface area contributed by atoms with Crippen molar-refractivity contribution in [3.05, 3.63) is 46.9 Å². The molecule has 0 radical (unpaired) electrons. The standard InChI is InChI=1S/C16H14ClF3N4O2/c17-10-1-2-12(11(7-10)16(18,19)20)23-15(25)13-8-14(22-9-21-13)24-3-5-26-6-4-24/h1-2,7-9H,3-6H2,(H,23,25). The molecule has 0 saturated carbocycles. The van der Waals surface area contributed by atoms with Crippen molar-refractivity contribution in [2.24, 2.45) is 0 Å². The van der Waals surface area contributed by atoms with Crippen molar-refractivity contribution in [1.29, 1.82) is 0 Å². The van der Waals surface area contributed by atoms with Gasteiger partial charge in [-0.05, 0) is 18.2 Å². The first-order valence-corrected chi connectivity index (χ1v) is 8.05. The number of nitrogens with one attached hydrogen (secondary N) is 1. The fourth-order valence-corrected chi connectivity index (χ4v) is 2.66. The molecular formula is C16H14ClF3N4O2. The lowest BCUT2D eigenvalue weighted by atomic mass is 10.1. The number of amides is 1. The van der Waals surface area contributed by atoms with Gasteiger partial charge in [-0.25, -0.2) is 9.97 Å². The van der Waals surface area contributed by atoms with Crippen LogP contribution < -0.4 is 10.2 Å². The topological polar surface area (TPSA) is 67.4 Å². The summed E-state index contributed by atoms with van der Waals surface area (Å²) in [6, 6.07) is 4.57. The molecule has 0 aliphatic carbocycles. The van der Waals surface area contributed by atoms with Gasteiger partial charge in [-0.3, -0.25) is 4.79 Å². The highest BCUT2D eigenvalue weighted by Crippen LogP contribution is 2.36. The van der Waals surface area contributed by atoms with E-state index in [1.807, 2.05) is 4.90 Å². The van der Waals surface area contributed by atoms with E-state index in [1.165, 1.54) is 18.5 Å². The molecule has 0 unspecified atom stereocenters. The van der Waals surface area contributed by atoms with Crippen molar-refractivity contribution in [3.63, 3.8) is 0 Å². The highest BCUT2D eigenvalue weighted by Gasteiger charge is 2.34. The third-order valence-electron chi connectivity index (χ3n) is 3.76. The zero-order chi connectivity index (χ0) is 18.7. The Bertz CT molecular complexity index is 810. The number of hydrogen-bond acceptors (Lipinski definition) is 5. The number of nitrogens with zero attached hydrogens (tertiary/aromatic N) is 3. The van der Waals surface area contributed by atoms with Crippen LogP contribution in [0.1, 0.15) is 16.1 Å². The molecule has 10 heteroatoms. The normalized spacial score (nSPS) is 15.0. The van der Waals surface area contributed by atoms with Gasteiger partial charge in [-0.15, -0.1) is 0 Å². The molecule has 1 aliphatic heterocycles. The molecule has 1 saturated heterocycles. The predicted molar refractivity (Wildman–Crippen MR) is 89.5 cm³/mol. The Labute approximate surface area is 151 Å². The first kappa shape index (κ1) is 18.4. The van der Waals surface area contributed by atoms with Crippen LogP contribution in [0.4, 0.5) is 24.7 Å². The second kappa shape index (κ2) is 7.46. The number of carbonyl (C=O) groups excluding carboxylic acids is 1. The maximum absolute atomic E-state index is 13.1. The summed E-state index contributed by atoms with van der Waals surface area (Å²) in [7, 11) is 0. The van der Waals surface area contributed by atoms with Crippen LogP contribution in [-0.2, 0) is 10.9 Å². The third kappa shape index (κ3) is 4.23. The van der Waals surface area contributed by atoms with Crippen LogP contribution >= 0.6 is 11.6 Å². The van der Waals surface area contributed by atoms with Gasteiger partial charge in [-0.1, -0.05) is 11.6 Å². The maximum Gasteiger partial charge on any atom is 0.418 e. The van der Waals surface area contributed by atoms with Crippen LogP contribution in [0.5, 0.6) is 0 Å². The summed E-state index contributed by atoms with van der Waals surface area (Å²) in [5.74, 6) is -0.254. The van der Waals surface area contributed by atoms with E-state index in [0.717, 1.165) is 12.1 Å². The van der Waals surface area contributed by atoms with Crippen LogP contribution in [0.3, 0.4) is 0 Å². The third-order valence-corrected chi connectivity index (χ3v) is 3.99. The fraction of sp³-hybridized carbons (Fsp3) is 0.312. The Kier molecular flexibility index (Phi) is 5.28. The van der Waals surface area contributed by atoms with Crippen molar-refractivity contribution in [2.75, 3.05) is 36.5 Å². The van der Waals surface area contributed by atoms with Gasteiger partial charge in [0.15, 0.2) is 0 Å². The molecule has 2 heterocycles. The maximum atomic E-state index is 13.1. The number of morpholine rings is 1. The average Bonchev–Trinajstić information content (AvgIpc) is 2.63. The molecule has 1 aromatic carbocycles. The highest BCUT2D eigenvalue weighted by atomic mass is 35.5. The molecule has 1 fully saturated rings. The van der Waals surface area contributed by atoms with E-state index in [-0.39, 0.29) is 10.7 Å². The minimum atomic E-state index is -4.65. The number of hydrogen-bond donors (Lipinski definition) is 1.